The van der Waals surface area contributed by atoms with Crippen molar-refractivity contribution in [3.05, 3.63) is 11.6 Å². The van der Waals surface area contributed by atoms with Crippen LogP contribution in [0, 0.1) is 0 Å². The average molecular weight is 224 g/mol. The second-order valence-electron chi connectivity index (χ2n) is 5.37. The first kappa shape index (κ1) is 12.1. The van der Waals surface area contributed by atoms with Gasteiger partial charge in [0.05, 0.1) is 6.61 Å². The fourth-order valence-electron chi connectivity index (χ4n) is 2.80. The van der Waals surface area contributed by atoms with Crippen LogP contribution < -0.4 is 5.32 Å². The highest BCUT2D eigenvalue weighted by Gasteiger charge is 2.30. The number of nitrogens with one attached hydrogen (secondary N) is 1. The van der Waals surface area contributed by atoms with Gasteiger partial charge in [0.2, 0.25) is 0 Å². The minimum atomic E-state index is 0.354. The molecule has 1 unspecified atom stereocenters. The zero-order chi connectivity index (χ0) is 11.4. The summed E-state index contributed by atoms with van der Waals surface area (Å²) in [4.78, 5) is 2.55. The van der Waals surface area contributed by atoms with Gasteiger partial charge in [0.15, 0.2) is 0 Å². The third-order valence-electron chi connectivity index (χ3n) is 3.75. The molecule has 3 heteroatoms. The zero-order valence-corrected chi connectivity index (χ0v) is 10.6. The van der Waals surface area contributed by atoms with Crippen molar-refractivity contribution in [2.24, 2.45) is 0 Å². The first-order valence-electron chi connectivity index (χ1n) is 6.36. The Kier molecular flexibility index (Phi) is 4.00. The average Bonchev–Trinajstić information content (AvgIpc) is 2.68. The van der Waals surface area contributed by atoms with Crippen molar-refractivity contribution in [3.63, 3.8) is 0 Å². The van der Waals surface area contributed by atoms with Gasteiger partial charge in [-0.05, 0) is 38.3 Å². The van der Waals surface area contributed by atoms with Gasteiger partial charge < -0.3 is 10.1 Å². The van der Waals surface area contributed by atoms with Crippen LogP contribution in [0.1, 0.15) is 26.2 Å². The highest BCUT2D eigenvalue weighted by Crippen LogP contribution is 2.21. The molecule has 0 saturated carbocycles. The maximum Gasteiger partial charge on any atom is 0.0673 e. The van der Waals surface area contributed by atoms with Crippen LogP contribution in [-0.4, -0.2) is 50.3 Å². The van der Waals surface area contributed by atoms with Crippen molar-refractivity contribution in [1.82, 2.24) is 10.2 Å². The maximum absolute atomic E-state index is 5.17. The lowest BCUT2D eigenvalue weighted by molar-refractivity contribution is 0.193. The van der Waals surface area contributed by atoms with Crippen molar-refractivity contribution in [2.75, 3.05) is 39.9 Å². The van der Waals surface area contributed by atoms with E-state index in [1.807, 2.05) is 0 Å². The molecule has 0 aromatic carbocycles. The van der Waals surface area contributed by atoms with E-state index in [0.717, 1.165) is 13.2 Å². The Hall–Kier alpha value is -0.380. The third kappa shape index (κ3) is 3.06. The predicted molar refractivity (Wildman–Crippen MR) is 66.7 cm³/mol. The summed E-state index contributed by atoms with van der Waals surface area (Å²) in [7, 11) is 1.77. The zero-order valence-electron chi connectivity index (χ0n) is 10.6. The van der Waals surface area contributed by atoms with Gasteiger partial charge in [0.1, 0.15) is 0 Å². The van der Waals surface area contributed by atoms with Crippen LogP contribution in [0.3, 0.4) is 0 Å². The molecule has 3 nitrogen and oxygen atoms in total. The monoisotopic (exact) mass is 224 g/mol. The fourth-order valence-corrected chi connectivity index (χ4v) is 2.80. The molecule has 0 aromatic rings. The molecule has 1 fully saturated rings. The largest absolute Gasteiger partial charge is 0.380 e. The summed E-state index contributed by atoms with van der Waals surface area (Å²) >= 11 is 0. The molecule has 0 spiro atoms. The highest BCUT2D eigenvalue weighted by molar-refractivity contribution is 5.08. The maximum atomic E-state index is 5.17. The van der Waals surface area contributed by atoms with Crippen LogP contribution in [0.4, 0.5) is 0 Å². The molecule has 2 rings (SSSR count). The second kappa shape index (κ2) is 5.30. The van der Waals surface area contributed by atoms with Gasteiger partial charge in [0, 0.05) is 32.3 Å². The Morgan fingerprint density at radius 3 is 3.00 bits per heavy atom. The summed E-state index contributed by atoms with van der Waals surface area (Å²) in [5, 5.41) is 3.63. The van der Waals surface area contributed by atoms with Gasteiger partial charge in [-0.25, -0.2) is 0 Å². The van der Waals surface area contributed by atoms with Crippen LogP contribution in [0.25, 0.3) is 0 Å². The van der Waals surface area contributed by atoms with Crippen molar-refractivity contribution < 1.29 is 4.74 Å². The van der Waals surface area contributed by atoms with E-state index in [2.05, 4.69) is 23.2 Å². The Morgan fingerprint density at radius 2 is 2.44 bits per heavy atom. The molecule has 0 radical (unpaired) electrons. The first-order valence-corrected chi connectivity index (χ1v) is 6.36. The summed E-state index contributed by atoms with van der Waals surface area (Å²) in [6.07, 6.45) is 6.16. The smallest absolute Gasteiger partial charge is 0.0673 e. The summed E-state index contributed by atoms with van der Waals surface area (Å²) < 4.78 is 5.17. The number of ether oxygens (including phenoxy) is 1. The molecule has 1 atom stereocenters. The van der Waals surface area contributed by atoms with E-state index in [1.54, 1.807) is 7.11 Å². The molecule has 2 aliphatic heterocycles. The van der Waals surface area contributed by atoms with Crippen LogP contribution in [0.5, 0.6) is 0 Å². The van der Waals surface area contributed by atoms with Gasteiger partial charge in [-0.1, -0.05) is 6.08 Å². The summed E-state index contributed by atoms with van der Waals surface area (Å²) in [5.74, 6) is 0. The minimum absolute atomic E-state index is 0.354. The molecule has 1 saturated heterocycles. The quantitative estimate of drug-likeness (QED) is 0.731. The molecule has 16 heavy (non-hydrogen) atoms. The van der Waals surface area contributed by atoms with Crippen molar-refractivity contribution in [3.8, 4) is 0 Å². The van der Waals surface area contributed by atoms with E-state index in [1.165, 1.54) is 44.5 Å². The Labute approximate surface area is 98.8 Å². The molecule has 0 bridgehead atoms. The van der Waals surface area contributed by atoms with Crippen LogP contribution in [-0.2, 0) is 4.74 Å². The lowest BCUT2D eigenvalue weighted by atomic mass is 9.98. The lowest BCUT2D eigenvalue weighted by Crippen LogP contribution is -2.48. The second-order valence-corrected chi connectivity index (χ2v) is 5.37. The van der Waals surface area contributed by atoms with E-state index in [0.29, 0.717) is 5.54 Å². The normalized spacial score (nSPS) is 31.8. The SMILES string of the molecule is COCC1=CCN(CC2(C)CCCN2)CC1. The van der Waals surface area contributed by atoms with E-state index in [4.69, 9.17) is 4.74 Å². The van der Waals surface area contributed by atoms with Crippen LogP contribution in [0.15, 0.2) is 11.6 Å². The molecule has 2 heterocycles. The van der Waals surface area contributed by atoms with Gasteiger partial charge in [0.25, 0.3) is 0 Å². The predicted octanol–water partition coefficient (Wildman–Crippen LogP) is 1.41. The van der Waals surface area contributed by atoms with Gasteiger partial charge in [-0.2, -0.15) is 0 Å². The molecule has 92 valence electrons. The molecular weight excluding hydrogens is 200 g/mol. The van der Waals surface area contributed by atoms with E-state index in [9.17, 15) is 0 Å². The van der Waals surface area contributed by atoms with Gasteiger partial charge >= 0.3 is 0 Å². The number of methoxy groups -OCH3 is 1. The Balaban J connectivity index is 1.80. The number of nitrogens with zero attached hydrogens (tertiary/aromatic N) is 1. The van der Waals surface area contributed by atoms with Crippen molar-refractivity contribution in [1.29, 1.82) is 0 Å². The van der Waals surface area contributed by atoms with Gasteiger partial charge in [-0.15, -0.1) is 0 Å². The number of hydrogen-bond acceptors (Lipinski definition) is 3. The Morgan fingerprint density at radius 1 is 1.56 bits per heavy atom. The summed E-state index contributed by atoms with van der Waals surface area (Å²) in [5.41, 5.74) is 1.82. The van der Waals surface area contributed by atoms with E-state index in [-0.39, 0.29) is 0 Å². The van der Waals surface area contributed by atoms with E-state index >= 15 is 0 Å². The number of hydrogen-bond donors (Lipinski definition) is 1. The standard InChI is InChI=1S/C13H24N2O/c1-13(6-3-7-14-13)11-15-8-4-12(5-9-15)10-16-2/h4,14H,3,5-11H2,1-2H3. The third-order valence-corrected chi connectivity index (χ3v) is 3.75. The molecular formula is C13H24N2O. The van der Waals surface area contributed by atoms with Crippen LogP contribution in [0.2, 0.25) is 0 Å². The van der Waals surface area contributed by atoms with Crippen molar-refractivity contribution >= 4 is 0 Å². The lowest BCUT2D eigenvalue weighted by Gasteiger charge is -2.34. The fraction of sp³-hybridized carbons (Fsp3) is 0.846. The first-order chi connectivity index (χ1) is 7.72. The van der Waals surface area contributed by atoms with Gasteiger partial charge in [-0.3, -0.25) is 4.90 Å². The number of rotatable bonds is 4. The van der Waals surface area contributed by atoms with Crippen LogP contribution >= 0.6 is 0 Å². The molecule has 1 N–H and O–H groups in total. The molecule has 0 amide bonds. The summed E-state index contributed by atoms with van der Waals surface area (Å²) in [6.45, 7) is 7.82. The summed E-state index contributed by atoms with van der Waals surface area (Å²) in [6, 6.07) is 0. The molecule has 0 aromatic heterocycles. The van der Waals surface area contributed by atoms with E-state index < -0.39 is 0 Å². The molecule has 0 aliphatic carbocycles. The topological polar surface area (TPSA) is 24.5 Å². The minimum Gasteiger partial charge on any atom is -0.380 e. The molecule has 2 aliphatic rings. The highest BCUT2D eigenvalue weighted by atomic mass is 16.5. The Bertz CT molecular complexity index is 257. The van der Waals surface area contributed by atoms with Crippen molar-refractivity contribution in [2.45, 2.75) is 31.7 Å².